The van der Waals surface area contributed by atoms with Crippen LogP contribution in [0.15, 0.2) is 84.4 Å². The van der Waals surface area contributed by atoms with Crippen LogP contribution < -0.4 is 19.7 Å². The van der Waals surface area contributed by atoms with Gasteiger partial charge in [-0.15, -0.1) is 0 Å². The molecule has 1 aliphatic heterocycles. The second kappa shape index (κ2) is 11.8. The summed E-state index contributed by atoms with van der Waals surface area (Å²) >= 11 is 2.16. The summed E-state index contributed by atoms with van der Waals surface area (Å²) in [4.78, 5) is 40.7. The molecule has 4 bridgehead atoms. The lowest BCUT2D eigenvalue weighted by Crippen LogP contribution is -2.54. The summed E-state index contributed by atoms with van der Waals surface area (Å²) < 4.78 is 12.6. The highest BCUT2D eigenvalue weighted by Gasteiger charge is 2.51. The van der Waals surface area contributed by atoms with E-state index in [2.05, 4.69) is 64.3 Å². The first-order chi connectivity index (χ1) is 22.8. The van der Waals surface area contributed by atoms with Crippen LogP contribution in [0.25, 0.3) is 16.8 Å². The molecule has 47 heavy (non-hydrogen) atoms. The highest BCUT2D eigenvalue weighted by molar-refractivity contribution is 14.1. The van der Waals surface area contributed by atoms with Crippen molar-refractivity contribution in [2.45, 2.75) is 50.5 Å². The monoisotopic (exact) mass is 738 g/mol. The third kappa shape index (κ3) is 5.50. The third-order valence-electron chi connectivity index (χ3n) is 10.6. The zero-order chi connectivity index (χ0) is 32.3. The van der Waals surface area contributed by atoms with Crippen molar-refractivity contribution in [3.63, 3.8) is 0 Å². The summed E-state index contributed by atoms with van der Waals surface area (Å²) in [5.41, 5.74) is 3.44. The van der Waals surface area contributed by atoms with Gasteiger partial charge in [0.25, 0.3) is 11.8 Å². The molecule has 0 radical (unpaired) electrons. The van der Waals surface area contributed by atoms with Gasteiger partial charge in [-0.25, -0.2) is 9.69 Å². The maximum atomic E-state index is 13.7. The molecule has 7 nitrogen and oxygen atoms in total. The Labute approximate surface area is 287 Å². The Hall–Kier alpha value is -4.18. The number of carbonyl (C=O) groups excluding carboxylic acids is 3. The Balaban J connectivity index is 1.03. The van der Waals surface area contributed by atoms with Crippen molar-refractivity contribution in [1.29, 1.82) is 0 Å². The summed E-state index contributed by atoms with van der Waals surface area (Å²) in [5, 5.41) is 4.66. The Bertz CT molecular complexity index is 1930. The second-order valence-corrected chi connectivity index (χ2v) is 14.9. The highest BCUT2D eigenvalue weighted by atomic mass is 127. The predicted octanol–water partition coefficient (Wildman–Crippen LogP) is 8.17. The largest absolute Gasteiger partial charge is 0.493 e. The van der Waals surface area contributed by atoms with Crippen molar-refractivity contribution in [3.8, 4) is 11.5 Å². The number of nitrogens with zero attached hydrogens (tertiary/aromatic N) is 1. The second-order valence-electron chi connectivity index (χ2n) is 13.7. The molecule has 4 aliphatic carbocycles. The van der Waals surface area contributed by atoms with Crippen LogP contribution in [0.2, 0.25) is 0 Å². The first-order valence-corrected chi connectivity index (χ1v) is 17.4. The number of hydrogen-bond acceptors (Lipinski definition) is 5. The van der Waals surface area contributed by atoms with Crippen LogP contribution in [0.4, 0.5) is 10.5 Å². The summed E-state index contributed by atoms with van der Waals surface area (Å²) in [6.07, 6.45) is 9.31. The minimum Gasteiger partial charge on any atom is -0.493 e. The van der Waals surface area contributed by atoms with Crippen molar-refractivity contribution in [2.24, 2.45) is 17.8 Å². The van der Waals surface area contributed by atoms with Crippen molar-refractivity contribution in [3.05, 3.63) is 105 Å². The first-order valence-electron chi connectivity index (χ1n) is 16.3. The van der Waals surface area contributed by atoms with E-state index < -0.39 is 17.8 Å². The van der Waals surface area contributed by atoms with E-state index in [1.807, 2.05) is 36.4 Å². The number of carbonyl (C=O) groups is 3. The molecule has 4 aromatic carbocycles. The fourth-order valence-corrected chi connectivity index (χ4v) is 9.72. The van der Waals surface area contributed by atoms with Gasteiger partial charge in [0.1, 0.15) is 12.2 Å². The number of amides is 4. The van der Waals surface area contributed by atoms with E-state index >= 15 is 0 Å². The molecule has 4 aromatic rings. The van der Waals surface area contributed by atoms with E-state index in [-0.39, 0.29) is 11.0 Å². The van der Waals surface area contributed by atoms with Gasteiger partial charge in [-0.3, -0.25) is 14.9 Å². The van der Waals surface area contributed by atoms with Crippen LogP contribution in [0.3, 0.4) is 0 Å². The molecule has 238 valence electrons. The van der Waals surface area contributed by atoms with Gasteiger partial charge in [-0.2, -0.15) is 0 Å². The van der Waals surface area contributed by atoms with Gasteiger partial charge in [0.05, 0.1) is 16.4 Å². The number of hydrogen-bond donors (Lipinski definition) is 1. The number of halogens is 1. The average molecular weight is 739 g/mol. The molecule has 4 amide bonds. The normalized spacial score (nSPS) is 25.8. The molecule has 5 fully saturated rings. The molecule has 1 heterocycles. The van der Waals surface area contributed by atoms with E-state index in [0.717, 1.165) is 42.6 Å². The quantitative estimate of drug-likeness (QED) is 0.118. The topological polar surface area (TPSA) is 84.9 Å². The SMILES string of the molecule is COc1cc(/C=C2\C(=O)NC(=O)N(c3ccc(C45CC6CC(CC(C6)C4)C5)cc3)C2=O)cc(I)c1OCc1ccc2ccccc2c1. The molecular formula is C39H35IN2O5. The van der Waals surface area contributed by atoms with Gasteiger partial charge in [-0.05, 0) is 148 Å². The highest BCUT2D eigenvalue weighted by Crippen LogP contribution is 2.60. The van der Waals surface area contributed by atoms with Gasteiger partial charge < -0.3 is 9.47 Å². The van der Waals surface area contributed by atoms with Crippen molar-refractivity contribution >= 4 is 63.0 Å². The van der Waals surface area contributed by atoms with Gasteiger partial charge in [0.2, 0.25) is 0 Å². The molecule has 0 spiro atoms. The maximum absolute atomic E-state index is 13.7. The summed E-state index contributed by atoms with van der Waals surface area (Å²) in [6, 6.07) is 25.1. The molecule has 0 unspecified atom stereocenters. The third-order valence-corrected chi connectivity index (χ3v) is 11.4. The van der Waals surface area contributed by atoms with Crippen LogP contribution in [0.1, 0.15) is 55.2 Å². The number of fused-ring (bicyclic) bond motifs is 1. The van der Waals surface area contributed by atoms with Crippen LogP contribution >= 0.6 is 22.6 Å². The predicted molar refractivity (Wildman–Crippen MR) is 189 cm³/mol. The van der Waals surface area contributed by atoms with Crippen molar-refractivity contribution in [1.82, 2.24) is 5.32 Å². The zero-order valence-electron chi connectivity index (χ0n) is 26.1. The molecule has 5 aliphatic rings. The number of benzene rings is 4. The van der Waals surface area contributed by atoms with E-state index in [0.29, 0.717) is 29.4 Å². The lowest BCUT2D eigenvalue weighted by Gasteiger charge is -2.57. The van der Waals surface area contributed by atoms with E-state index in [9.17, 15) is 14.4 Å². The number of imide groups is 2. The minimum atomic E-state index is -0.746. The van der Waals surface area contributed by atoms with Gasteiger partial charge in [0, 0.05) is 0 Å². The van der Waals surface area contributed by atoms with Crippen molar-refractivity contribution in [2.75, 3.05) is 12.0 Å². The lowest BCUT2D eigenvalue weighted by atomic mass is 9.48. The Morgan fingerprint density at radius 1 is 0.872 bits per heavy atom. The fraction of sp³-hybridized carbons (Fsp3) is 0.308. The van der Waals surface area contributed by atoms with E-state index in [1.165, 1.54) is 50.2 Å². The number of barbiturate groups is 1. The fourth-order valence-electron chi connectivity index (χ4n) is 8.93. The lowest BCUT2D eigenvalue weighted by molar-refractivity contribution is -0.122. The molecule has 0 atom stereocenters. The number of rotatable bonds is 7. The smallest absolute Gasteiger partial charge is 0.335 e. The first kappa shape index (κ1) is 30.2. The van der Waals surface area contributed by atoms with Crippen LogP contribution in [0, 0.1) is 21.3 Å². The maximum Gasteiger partial charge on any atom is 0.335 e. The number of ether oxygens (including phenoxy) is 2. The molecular weight excluding hydrogens is 703 g/mol. The standard InChI is InChI=1S/C39H35IN2O5/c1-46-34-18-24(17-33(40)35(34)47-22-23-6-7-28-4-2-3-5-29(28)15-23)16-32-36(43)41-38(45)42(37(32)44)31-10-8-30(9-11-31)39-19-25-12-26(20-39)14-27(13-25)21-39/h2-11,15-18,25-27H,12-14,19-22H2,1H3,(H,41,43,45)/b32-16+. The summed E-state index contributed by atoms with van der Waals surface area (Å²) in [6.45, 7) is 0.344. The molecule has 4 saturated carbocycles. The number of anilines is 1. The molecule has 1 N–H and O–H groups in total. The van der Waals surface area contributed by atoms with Gasteiger partial charge in [0.15, 0.2) is 11.5 Å². The minimum absolute atomic E-state index is 0.127. The Morgan fingerprint density at radius 2 is 1.55 bits per heavy atom. The zero-order valence-corrected chi connectivity index (χ0v) is 28.3. The average Bonchev–Trinajstić information content (AvgIpc) is 3.05. The molecule has 1 saturated heterocycles. The Kier molecular flexibility index (Phi) is 7.58. The number of nitrogens with one attached hydrogen (secondary N) is 1. The van der Waals surface area contributed by atoms with Gasteiger partial charge in [-0.1, -0.05) is 48.5 Å². The van der Waals surface area contributed by atoms with E-state index in [1.54, 1.807) is 13.2 Å². The van der Waals surface area contributed by atoms with E-state index in [4.69, 9.17) is 9.47 Å². The Morgan fingerprint density at radius 3 is 2.23 bits per heavy atom. The molecule has 9 rings (SSSR count). The van der Waals surface area contributed by atoms with Crippen LogP contribution in [-0.4, -0.2) is 25.0 Å². The summed E-state index contributed by atoms with van der Waals surface area (Å²) in [7, 11) is 1.55. The van der Waals surface area contributed by atoms with Crippen LogP contribution in [0.5, 0.6) is 11.5 Å². The number of urea groups is 1. The molecule has 8 heteroatoms. The molecule has 0 aromatic heterocycles. The summed E-state index contributed by atoms with van der Waals surface area (Å²) in [5.74, 6) is 2.11. The number of methoxy groups -OCH3 is 1. The van der Waals surface area contributed by atoms with Crippen molar-refractivity contribution < 1.29 is 23.9 Å². The van der Waals surface area contributed by atoms with Gasteiger partial charge >= 0.3 is 6.03 Å². The van der Waals surface area contributed by atoms with Crippen LogP contribution in [-0.2, 0) is 21.6 Å².